The van der Waals surface area contributed by atoms with Gasteiger partial charge in [0.05, 0.1) is 6.10 Å². The van der Waals surface area contributed by atoms with Crippen LogP contribution < -0.4 is 0 Å². The molecule has 0 unspecified atom stereocenters. The van der Waals surface area contributed by atoms with Gasteiger partial charge in [-0.1, -0.05) is 90.1 Å². The Kier molecular flexibility index (Phi) is 7.12. The van der Waals surface area contributed by atoms with E-state index >= 15 is 0 Å². The second kappa shape index (κ2) is 9.77. The number of hydrogen-bond acceptors (Lipinski definition) is 2. The quantitative estimate of drug-likeness (QED) is 0.485. The highest BCUT2D eigenvalue weighted by atomic mass is 16.3. The van der Waals surface area contributed by atoms with Gasteiger partial charge in [-0.3, -0.25) is 0 Å². The van der Waals surface area contributed by atoms with Crippen LogP contribution in [0.5, 0.6) is 5.75 Å². The molecule has 30 heavy (non-hydrogen) atoms. The lowest BCUT2D eigenvalue weighted by atomic mass is 9.73. The topological polar surface area (TPSA) is 40.5 Å². The van der Waals surface area contributed by atoms with Crippen molar-refractivity contribution in [2.24, 2.45) is 5.92 Å². The Hall–Kier alpha value is -2.84. The average molecular weight is 401 g/mol. The fourth-order valence-corrected chi connectivity index (χ4v) is 4.15. The van der Waals surface area contributed by atoms with E-state index in [2.05, 4.69) is 57.3 Å². The first-order chi connectivity index (χ1) is 14.4. The molecule has 2 nitrogen and oxygen atoms in total. The Morgan fingerprint density at radius 1 is 1.10 bits per heavy atom. The Morgan fingerprint density at radius 2 is 1.77 bits per heavy atom. The van der Waals surface area contributed by atoms with Gasteiger partial charge in [-0.15, -0.1) is 0 Å². The minimum absolute atomic E-state index is 0.128. The summed E-state index contributed by atoms with van der Waals surface area (Å²) in [6.45, 7) is 12.8. The molecule has 0 bridgehead atoms. The van der Waals surface area contributed by atoms with E-state index in [1.54, 1.807) is 18.2 Å². The minimum Gasteiger partial charge on any atom is -0.508 e. The Morgan fingerprint density at radius 3 is 2.43 bits per heavy atom. The highest BCUT2D eigenvalue weighted by Gasteiger charge is 2.31. The summed E-state index contributed by atoms with van der Waals surface area (Å²) in [4.78, 5) is 0. The molecule has 2 heteroatoms. The molecule has 0 amide bonds. The van der Waals surface area contributed by atoms with Crippen molar-refractivity contribution in [2.75, 3.05) is 0 Å². The molecular formula is C28H32O2. The van der Waals surface area contributed by atoms with Gasteiger partial charge in [0.25, 0.3) is 0 Å². The van der Waals surface area contributed by atoms with E-state index in [9.17, 15) is 10.2 Å². The molecule has 2 aromatic carbocycles. The Balaban J connectivity index is 1.94. The van der Waals surface area contributed by atoms with Gasteiger partial charge in [-0.2, -0.15) is 0 Å². The number of para-hydroxylation sites is 1. The predicted octanol–water partition coefficient (Wildman–Crippen LogP) is 7.15. The van der Waals surface area contributed by atoms with Crippen LogP contribution in [0.15, 0.2) is 96.1 Å². The third kappa shape index (κ3) is 5.20. The van der Waals surface area contributed by atoms with Crippen molar-refractivity contribution in [2.45, 2.75) is 45.6 Å². The summed E-state index contributed by atoms with van der Waals surface area (Å²) in [6, 6.07) is 17.5. The van der Waals surface area contributed by atoms with Crippen molar-refractivity contribution in [3.8, 4) is 5.75 Å². The van der Waals surface area contributed by atoms with Crippen molar-refractivity contribution in [3.05, 3.63) is 107 Å². The van der Waals surface area contributed by atoms with Crippen LogP contribution in [0.1, 0.15) is 56.8 Å². The maximum absolute atomic E-state index is 11.1. The van der Waals surface area contributed by atoms with Crippen LogP contribution in [0.3, 0.4) is 0 Å². The molecule has 1 aliphatic rings. The van der Waals surface area contributed by atoms with E-state index in [0.717, 1.165) is 24.8 Å². The van der Waals surface area contributed by atoms with E-state index < -0.39 is 6.10 Å². The van der Waals surface area contributed by atoms with Gasteiger partial charge in [0, 0.05) is 11.5 Å². The van der Waals surface area contributed by atoms with Crippen LogP contribution in [0.2, 0.25) is 0 Å². The summed E-state index contributed by atoms with van der Waals surface area (Å²) < 4.78 is 0. The van der Waals surface area contributed by atoms with Crippen LogP contribution in [0, 0.1) is 5.92 Å². The predicted molar refractivity (Wildman–Crippen MR) is 126 cm³/mol. The molecular weight excluding hydrogens is 368 g/mol. The third-order valence-corrected chi connectivity index (χ3v) is 5.84. The molecule has 1 aliphatic carbocycles. The monoisotopic (exact) mass is 400 g/mol. The number of allylic oxidation sites excluding steroid dienone is 5. The van der Waals surface area contributed by atoms with Gasteiger partial charge in [-0.05, 0) is 56.7 Å². The van der Waals surface area contributed by atoms with Crippen LogP contribution in [-0.4, -0.2) is 10.2 Å². The zero-order valence-corrected chi connectivity index (χ0v) is 18.1. The van der Waals surface area contributed by atoms with Gasteiger partial charge >= 0.3 is 0 Å². The number of phenols is 1. The summed E-state index contributed by atoms with van der Waals surface area (Å²) in [5.41, 5.74) is 7.83. The van der Waals surface area contributed by atoms with E-state index in [1.165, 1.54) is 27.9 Å². The Bertz CT molecular complexity index is 975. The van der Waals surface area contributed by atoms with Gasteiger partial charge in [0.1, 0.15) is 5.75 Å². The fourth-order valence-electron chi connectivity index (χ4n) is 4.15. The third-order valence-electron chi connectivity index (χ3n) is 5.84. The number of hydrogen-bond donors (Lipinski definition) is 2. The normalized spacial score (nSPS) is 17.6. The second-order valence-electron chi connectivity index (χ2n) is 8.51. The van der Waals surface area contributed by atoms with Crippen LogP contribution >= 0.6 is 0 Å². The molecule has 3 rings (SSSR count). The minimum atomic E-state index is -0.780. The molecule has 0 aromatic heterocycles. The molecule has 2 N–H and O–H groups in total. The molecule has 2 atom stereocenters. The maximum atomic E-state index is 11.1. The van der Waals surface area contributed by atoms with Crippen molar-refractivity contribution >= 4 is 5.57 Å². The standard InChI is InChI=1S/C28H32O2/c1-19(2)14-15-20(3)16-23-18-25(28(30)24-12-8-9-13-27(24)29)21(4)17-26(23)22-10-6-5-7-11-22/h5-14,25,28-30H,3-4,15-18H2,1-2H3/t25-,28+/m0/s1. The number of aromatic hydroxyl groups is 1. The first-order valence-corrected chi connectivity index (χ1v) is 10.6. The van der Waals surface area contributed by atoms with E-state index in [1.807, 2.05) is 12.1 Å². The van der Waals surface area contributed by atoms with E-state index in [0.29, 0.717) is 12.0 Å². The summed E-state index contributed by atoms with van der Waals surface area (Å²) in [6.07, 6.45) is 4.54. The lowest BCUT2D eigenvalue weighted by Crippen LogP contribution is -2.20. The second-order valence-corrected chi connectivity index (χ2v) is 8.51. The summed E-state index contributed by atoms with van der Waals surface area (Å²) in [7, 11) is 0. The van der Waals surface area contributed by atoms with Crippen LogP contribution in [-0.2, 0) is 0 Å². The van der Waals surface area contributed by atoms with Crippen molar-refractivity contribution in [1.29, 1.82) is 0 Å². The summed E-state index contributed by atoms with van der Waals surface area (Å²) in [5.74, 6) is 0.00201. The molecule has 0 radical (unpaired) electrons. The zero-order chi connectivity index (χ0) is 21.7. The highest BCUT2D eigenvalue weighted by Crippen LogP contribution is 2.46. The summed E-state index contributed by atoms with van der Waals surface area (Å²) >= 11 is 0. The van der Waals surface area contributed by atoms with Crippen molar-refractivity contribution in [1.82, 2.24) is 0 Å². The van der Waals surface area contributed by atoms with Gasteiger partial charge in [0.2, 0.25) is 0 Å². The SMILES string of the molecule is C=C(CC=C(C)C)CC1=C(c2ccccc2)CC(=C)[C@@H]([C@H](O)c2ccccc2O)C1. The van der Waals surface area contributed by atoms with E-state index in [4.69, 9.17) is 0 Å². The van der Waals surface area contributed by atoms with Gasteiger partial charge in [-0.25, -0.2) is 0 Å². The van der Waals surface area contributed by atoms with Crippen LogP contribution in [0.4, 0.5) is 0 Å². The zero-order valence-electron chi connectivity index (χ0n) is 18.1. The van der Waals surface area contributed by atoms with Crippen molar-refractivity contribution in [3.63, 3.8) is 0 Å². The van der Waals surface area contributed by atoms with Gasteiger partial charge < -0.3 is 10.2 Å². The average Bonchev–Trinajstić information content (AvgIpc) is 2.73. The first-order valence-electron chi connectivity index (χ1n) is 10.6. The Labute approximate surface area is 180 Å². The van der Waals surface area contributed by atoms with E-state index in [-0.39, 0.29) is 11.7 Å². The largest absolute Gasteiger partial charge is 0.508 e. The number of aliphatic hydroxyl groups is 1. The number of benzene rings is 2. The highest BCUT2D eigenvalue weighted by molar-refractivity contribution is 5.72. The number of rotatable bonds is 7. The maximum Gasteiger partial charge on any atom is 0.121 e. The lowest BCUT2D eigenvalue weighted by Gasteiger charge is -2.33. The number of aliphatic hydroxyl groups excluding tert-OH is 1. The molecule has 0 saturated heterocycles. The molecule has 0 aliphatic heterocycles. The molecule has 2 aromatic rings. The molecule has 0 fully saturated rings. The van der Waals surface area contributed by atoms with Crippen LogP contribution in [0.25, 0.3) is 5.57 Å². The smallest absolute Gasteiger partial charge is 0.121 e. The van der Waals surface area contributed by atoms with Gasteiger partial charge in [0.15, 0.2) is 0 Å². The molecule has 0 saturated carbocycles. The first kappa shape index (κ1) is 21.9. The fraction of sp³-hybridized carbons (Fsp3) is 0.286. The number of phenolic OH excluding ortho intramolecular Hbond substituents is 1. The molecule has 0 spiro atoms. The summed E-state index contributed by atoms with van der Waals surface area (Å²) in [5, 5.41) is 21.3. The molecule has 156 valence electrons. The van der Waals surface area contributed by atoms with Crippen molar-refractivity contribution < 1.29 is 10.2 Å². The lowest BCUT2D eigenvalue weighted by molar-refractivity contribution is 0.120. The molecule has 0 heterocycles.